The number of nitrogens with two attached hydrogens (primary N) is 1. The number of hydrogen-bond donors (Lipinski definition) is 2. The number of fused-ring (bicyclic) bond motifs is 3. The van der Waals surface area contributed by atoms with Crippen LogP contribution in [-0.4, -0.2) is 51.0 Å². The zero-order valence-corrected chi connectivity index (χ0v) is 20.1. The number of furan rings is 1. The van der Waals surface area contributed by atoms with Gasteiger partial charge < -0.3 is 25.3 Å². The molecule has 0 saturated carbocycles. The maximum Gasteiger partial charge on any atom is 0.349 e. The Balaban J connectivity index is 1.81. The molecule has 182 valence electrons. The fourth-order valence-electron chi connectivity index (χ4n) is 4.85. The Morgan fingerprint density at radius 3 is 2.94 bits per heavy atom. The number of benzene rings is 1. The van der Waals surface area contributed by atoms with Crippen LogP contribution in [0.25, 0.3) is 33.3 Å². The van der Waals surface area contributed by atoms with Crippen molar-refractivity contribution in [2.75, 3.05) is 19.4 Å². The molecular formula is C25H29N7O3. The molecule has 10 heteroatoms. The molecule has 1 saturated heterocycles. The van der Waals surface area contributed by atoms with Crippen molar-refractivity contribution >= 4 is 39.7 Å². The van der Waals surface area contributed by atoms with Gasteiger partial charge in [0.2, 0.25) is 0 Å². The maximum atomic E-state index is 13.6. The third kappa shape index (κ3) is 4.03. The van der Waals surface area contributed by atoms with Crippen molar-refractivity contribution in [2.45, 2.75) is 44.8 Å². The second-order valence-corrected chi connectivity index (χ2v) is 8.93. The molecule has 0 radical (unpaired) electrons. The average Bonchev–Trinajstić information content (AvgIpc) is 3.44. The van der Waals surface area contributed by atoms with Gasteiger partial charge in [0.25, 0.3) is 0 Å². The molecule has 0 spiro atoms. The van der Waals surface area contributed by atoms with Gasteiger partial charge in [0, 0.05) is 79.6 Å². The summed E-state index contributed by atoms with van der Waals surface area (Å²) in [6.45, 7) is 2.67. The second-order valence-electron chi connectivity index (χ2n) is 8.93. The molecule has 4 heterocycles. The van der Waals surface area contributed by atoms with E-state index in [2.05, 4.69) is 22.0 Å². The molecule has 3 N–H and O–H groups in total. The minimum absolute atomic E-state index is 0.0763. The van der Waals surface area contributed by atoms with Crippen LogP contribution in [0.3, 0.4) is 0 Å². The summed E-state index contributed by atoms with van der Waals surface area (Å²) in [7, 11) is 3.48. The number of anilines is 1. The average molecular weight is 476 g/mol. The van der Waals surface area contributed by atoms with Crippen molar-refractivity contribution in [3.8, 4) is 11.3 Å². The predicted octanol–water partition coefficient (Wildman–Crippen LogP) is 3.71. The van der Waals surface area contributed by atoms with Gasteiger partial charge in [-0.3, -0.25) is 9.25 Å². The summed E-state index contributed by atoms with van der Waals surface area (Å²) in [6.07, 6.45) is 7.88. The number of aryl methyl sites for hydroxylation is 1. The largest absolute Gasteiger partial charge is 0.452 e. The highest BCUT2D eigenvalue weighted by molar-refractivity contribution is 6.14. The van der Waals surface area contributed by atoms with E-state index in [1.807, 2.05) is 13.1 Å². The first kappa shape index (κ1) is 23.0. The molecule has 35 heavy (non-hydrogen) atoms. The zero-order chi connectivity index (χ0) is 24.7. The van der Waals surface area contributed by atoms with E-state index in [1.165, 1.54) is 0 Å². The summed E-state index contributed by atoms with van der Waals surface area (Å²) in [5.41, 5.74) is 10.2. The fourth-order valence-corrected chi connectivity index (χ4v) is 4.85. The lowest BCUT2D eigenvalue weighted by molar-refractivity contribution is -0.00709. The van der Waals surface area contributed by atoms with Crippen LogP contribution in [0.1, 0.15) is 44.2 Å². The quantitative estimate of drug-likeness (QED) is 0.322. The Morgan fingerprint density at radius 2 is 2.23 bits per heavy atom. The van der Waals surface area contributed by atoms with Crippen LogP contribution in [0, 0.1) is 5.41 Å². The van der Waals surface area contributed by atoms with E-state index >= 15 is 0 Å². The van der Waals surface area contributed by atoms with Crippen LogP contribution in [-0.2, 0) is 11.8 Å². The molecule has 1 aromatic carbocycles. The highest BCUT2D eigenvalue weighted by Gasteiger charge is 2.29. The fraction of sp³-hybridized carbons (Fsp3) is 0.400. The topological polar surface area (TPSA) is 137 Å². The number of nitrogens with zero attached hydrogens (tertiary/aromatic N) is 5. The number of nitrogen functional groups attached to an aromatic ring is 1. The van der Waals surface area contributed by atoms with E-state index in [1.54, 1.807) is 41.0 Å². The molecular weight excluding hydrogens is 446 g/mol. The summed E-state index contributed by atoms with van der Waals surface area (Å²) >= 11 is 0. The molecule has 1 fully saturated rings. The predicted molar refractivity (Wildman–Crippen MR) is 137 cm³/mol. The molecule has 5 rings (SSSR count). The van der Waals surface area contributed by atoms with Crippen LogP contribution < -0.4 is 11.4 Å². The molecule has 2 unspecified atom stereocenters. The van der Waals surface area contributed by atoms with Crippen molar-refractivity contribution in [3.63, 3.8) is 0 Å². The number of ether oxygens (including phenoxy) is 1. The molecule has 4 aromatic rings. The van der Waals surface area contributed by atoms with Gasteiger partial charge in [-0.15, -0.1) is 0 Å². The summed E-state index contributed by atoms with van der Waals surface area (Å²) in [5, 5.41) is 13.5. The smallest absolute Gasteiger partial charge is 0.349 e. The lowest BCUT2D eigenvalue weighted by Crippen LogP contribution is -2.34. The number of hydrogen-bond acceptors (Lipinski definition) is 8. The Labute approximate surface area is 201 Å². The first-order valence-corrected chi connectivity index (χ1v) is 11.8. The van der Waals surface area contributed by atoms with Crippen molar-refractivity contribution in [2.24, 2.45) is 12.0 Å². The lowest BCUT2D eigenvalue weighted by Gasteiger charge is -2.30. The van der Waals surface area contributed by atoms with E-state index in [9.17, 15) is 4.79 Å². The minimum atomic E-state index is -0.340. The third-order valence-corrected chi connectivity index (χ3v) is 6.64. The monoisotopic (exact) mass is 475 g/mol. The second kappa shape index (κ2) is 9.10. The van der Waals surface area contributed by atoms with Gasteiger partial charge in [0.05, 0.1) is 12.3 Å². The van der Waals surface area contributed by atoms with Crippen LogP contribution in [0.2, 0.25) is 0 Å². The highest BCUT2D eigenvalue weighted by atomic mass is 16.5. The Hall–Kier alpha value is -3.79. The third-order valence-electron chi connectivity index (χ3n) is 6.64. The molecule has 2 atom stereocenters. The van der Waals surface area contributed by atoms with Crippen molar-refractivity contribution in [3.05, 3.63) is 40.6 Å². The number of rotatable bonds is 6. The van der Waals surface area contributed by atoms with Crippen LogP contribution >= 0.6 is 0 Å². The Kier molecular flexibility index (Phi) is 5.98. The Morgan fingerprint density at radius 1 is 1.40 bits per heavy atom. The Bertz CT molecular complexity index is 1510. The van der Waals surface area contributed by atoms with E-state index in [-0.39, 0.29) is 17.8 Å². The van der Waals surface area contributed by atoms with Crippen molar-refractivity contribution < 1.29 is 9.15 Å². The summed E-state index contributed by atoms with van der Waals surface area (Å²) in [6, 6.07) is 3.50. The maximum absolute atomic E-state index is 13.6. The van der Waals surface area contributed by atoms with Gasteiger partial charge in [-0.1, -0.05) is 6.92 Å². The van der Waals surface area contributed by atoms with Gasteiger partial charge in [-0.2, -0.15) is 10.1 Å². The normalized spacial score (nSPS) is 18.7. The summed E-state index contributed by atoms with van der Waals surface area (Å²) < 4.78 is 15.6. The number of nitrogens with one attached hydrogen (secondary N) is 1. The zero-order valence-electron chi connectivity index (χ0n) is 20.1. The molecule has 1 aliphatic rings. The molecule has 0 bridgehead atoms. The molecule has 3 aromatic heterocycles. The standard InChI is InChI=1S/C25H29N7O3/c1-4-16-9-15(6-8-34-16)32-23-18-10-17(19(26)5-7-28-2)20(27)11-21(18)35-24(23)22(30-25(32)33)14-12-29-31(3)13-14/h7,10-13,15-16,26H,4-6,8-9,27H2,1-3H3. The minimum Gasteiger partial charge on any atom is -0.452 e. The number of aromatic nitrogens is 4. The highest BCUT2D eigenvalue weighted by Crippen LogP contribution is 2.38. The van der Waals surface area contributed by atoms with E-state index in [4.69, 9.17) is 20.3 Å². The molecule has 0 amide bonds. The van der Waals surface area contributed by atoms with E-state index in [0.717, 1.165) is 18.2 Å². The lowest BCUT2D eigenvalue weighted by atomic mass is 10.00. The van der Waals surface area contributed by atoms with Crippen molar-refractivity contribution in [1.82, 2.24) is 19.3 Å². The van der Waals surface area contributed by atoms with Crippen LogP contribution in [0.4, 0.5) is 5.69 Å². The van der Waals surface area contributed by atoms with Gasteiger partial charge >= 0.3 is 5.69 Å². The first-order chi connectivity index (χ1) is 16.9. The van der Waals surface area contributed by atoms with Gasteiger partial charge in [-0.25, -0.2) is 4.79 Å². The van der Waals surface area contributed by atoms with Crippen LogP contribution in [0.5, 0.6) is 0 Å². The van der Waals surface area contributed by atoms with E-state index < -0.39 is 0 Å². The molecule has 0 aliphatic carbocycles. The SMILES string of the molecule is CCC1CC(n2c(=O)nc(-c3cnn(C)c3)c3oc4cc(N)c(C(=N)CC=NC)cc4c32)CCO1. The van der Waals surface area contributed by atoms with Gasteiger partial charge in [0.15, 0.2) is 5.58 Å². The van der Waals surface area contributed by atoms with Gasteiger partial charge in [-0.05, 0) is 25.3 Å². The molecule has 1 aliphatic heterocycles. The van der Waals surface area contributed by atoms with Crippen molar-refractivity contribution in [1.29, 1.82) is 5.41 Å². The summed E-state index contributed by atoms with van der Waals surface area (Å²) in [4.78, 5) is 22.0. The van der Waals surface area contributed by atoms with Gasteiger partial charge in [0.1, 0.15) is 16.8 Å². The molecule has 10 nitrogen and oxygen atoms in total. The number of aliphatic imine (C=N–C) groups is 1. The summed E-state index contributed by atoms with van der Waals surface area (Å²) in [5.74, 6) is 0. The van der Waals surface area contributed by atoms with E-state index in [0.29, 0.717) is 64.4 Å². The van der Waals surface area contributed by atoms with Crippen LogP contribution in [0.15, 0.2) is 38.7 Å². The first-order valence-electron chi connectivity index (χ1n) is 11.8.